The van der Waals surface area contributed by atoms with E-state index < -0.39 is 17.5 Å². The molecule has 2 aromatic rings. The van der Waals surface area contributed by atoms with Gasteiger partial charge in [-0.2, -0.15) is 0 Å². The minimum absolute atomic E-state index is 0.0691. The van der Waals surface area contributed by atoms with Crippen LogP contribution in [0.4, 0.5) is 0 Å². The van der Waals surface area contributed by atoms with E-state index in [0.29, 0.717) is 23.1 Å². The van der Waals surface area contributed by atoms with Crippen LogP contribution in [0.25, 0.3) is 5.57 Å². The van der Waals surface area contributed by atoms with Crippen LogP contribution in [0, 0.1) is 0 Å². The lowest BCUT2D eigenvalue weighted by atomic mass is 9.98. The Labute approximate surface area is 154 Å². The van der Waals surface area contributed by atoms with Crippen molar-refractivity contribution in [3.05, 3.63) is 57.0 Å². The molecule has 6 nitrogen and oxygen atoms in total. The number of hydrogen-bond acceptors (Lipinski definition) is 6. The number of carbonyl (C=O) groups is 3. The lowest BCUT2D eigenvalue weighted by molar-refractivity contribution is 0.00683. The molecule has 1 aromatic carbocycles. The zero-order valence-corrected chi connectivity index (χ0v) is 15.5. The number of carbonyl (C=O) groups excluding carboxylic acids is 3. The van der Waals surface area contributed by atoms with Gasteiger partial charge in [-0.25, -0.2) is 9.78 Å². The van der Waals surface area contributed by atoms with Crippen LogP contribution < -0.4 is 5.73 Å². The molecule has 0 unspecified atom stereocenters. The van der Waals surface area contributed by atoms with E-state index in [1.54, 1.807) is 45.0 Å². The van der Waals surface area contributed by atoms with Crippen LogP contribution in [-0.4, -0.2) is 28.2 Å². The van der Waals surface area contributed by atoms with E-state index in [-0.39, 0.29) is 16.5 Å². The molecule has 1 aromatic heterocycles. The van der Waals surface area contributed by atoms with Gasteiger partial charge in [0.15, 0.2) is 5.01 Å². The Morgan fingerprint density at radius 2 is 1.96 bits per heavy atom. The number of esters is 1. The average Bonchev–Trinajstić information content (AvgIpc) is 3.19. The number of hydrogen-bond donors (Lipinski definition) is 1. The van der Waals surface area contributed by atoms with Crippen molar-refractivity contribution in [1.82, 2.24) is 4.98 Å². The fraction of sp³-hybridized carbons (Fsp3) is 0.263. The molecule has 2 N–H and O–H groups in total. The van der Waals surface area contributed by atoms with E-state index in [0.717, 1.165) is 16.9 Å². The molecule has 0 atom stereocenters. The molecule has 7 heteroatoms. The van der Waals surface area contributed by atoms with Crippen LogP contribution in [-0.2, 0) is 11.2 Å². The van der Waals surface area contributed by atoms with E-state index in [1.807, 2.05) is 0 Å². The number of aromatic nitrogens is 1. The van der Waals surface area contributed by atoms with Crippen LogP contribution in [0.3, 0.4) is 0 Å². The largest absolute Gasteiger partial charge is 0.456 e. The second kappa shape index (κ2) is 6.49. The van der Waals surface area contributed by atoms with E-state index in [2.05, 4.69) is 4.98 Å². The van der Waals surface area contributed by atoms with E-state index >= 15 is 0 Å². The zero-order valence-electron chi connectivity index (χ0n) is 14.7. The van der Waals surface area contributed by atoms with Crippen molar-refractivity contribution < 1.29 is 19.1 Å². The molecular formula is C19H18N2O4S. The Balaban J connectivity index is 1.92. The highest BCUT2D eigenvalue weighted by atomic mass is 32.1. The minimum Gasteiger partial charge on any atom is -0.456 e. The number of Topliss-reactive ketones (excluding diaryl/α,β-unsaturated/α-hetero) is 1. The third kappa shape index (κ3) is 3.43. The normalized spacial score (nSPS) is 13.1. The minimum atomic E-state index is -0.673. The summed E-state index contributed by atoms with van der Waals surface area (Å²) in [5, 5.41) is 1.66. The van der Waals surface area contributed by atoms with Gasteiger partial charge in [-0.3, -0.25) is 9.59 Å². The van der Waals surface area contributed by atoms with Gasteiger partial charge in [-0.15, -0.1) is 11.3 Å². The molecule has 26 heavy (non-hydrogen) atoms. The molecule has 0 fully saturated rings. The quantitative estimate of drug-likeness (QED) is 0.659. The van der Waals surface area contributed by atoms with Gasteiger partial charge >= 0.3 is 5.97 Å². The Morgan fingerprint density at radius 1 is 1.23 bits per heavy atom. The molecule has 134 valence electrons. The van der Waals surface area contributed by atoms with Crippen molar-refractivity contribution in [2.24, 2.45) is 5.73 Å². The summed E-state index contributed by atoms with van der Waals surface area (Å²) >= 11 is 1.07. The number of nitrogens with two attached hydrogens (primary N) is 1. The Hall–Kier alpha value is -2.80. The SMILES string of the molecule is CC(C)(C)OC(=O)c1cccc2c1CC=C2C(=O)c1nc(C(N)=O)cs1. The number of fused-ring (bicyclic) bond motifs is 1. The molecule has 0 bridgehead atoms. The number of nitrogens with zero attached hydrogens (tertiary/aromatic N) is 1. The number of allylic oxidation sites excluding steroid dienone is 2. The van der Waals surface area contributed by atoms with Crippen LogP contribution >= 0.6 is 11.3 Å². The van der Waals surface area contributed by atoms with Crippen molar-refractivity contribution in [2.75, 3.05) is 0 Å². The molecule has 0 aliphatic heterocycles. The number of rotatable bonds is 4. The number of ether oxygens (including phenoxy) is 1. The van der Waals surface area contributed by atoms with Crippen LogP contribution in [0.1, 0.15) is 62.5 Å². The van der Waals surface area contributed by atoms with Crippen LogP contribution in [0.15, 0.2) is 29.7 Å². The van der Waals surface area contributed by atoms with Gasteiger partial charge < -0.3 is 10.5 Å². The smallest absolute Gasteiger partial charge is 0.338 e. The maximum atomic E-state index is 12.8. The second-order valence-corrected chi connectivity index (χ2v) is 7.74. The first kappa shape index (κ1) is 18.0. The topological polar surface area (TPSA) is 99.3 Å². The van der Waals surface area contributed by atoms with Gasteiger partial charge in [-0.05, 0) is 44.4 Å². The van der Waals surface area contributed by atoms with Crippen molar-refractivity contribution in [3.8, 4) is 0 Å². The average molecular weight is 370 g/mol. The van der Waals surface area contributed by atoms with Gasteiger partial charge in [0.2, 0.25) is 5.78 Å². The number of thiazole rings is 1. The fourth-order valence-electron chi connectivity index (χ4n) is 2.72. The third-order valence-electron chi connectivity index (χ3n) is 3.79. The van der Waals surface area contributed by atoms with Gasteiger partial charge in [0.05, 0.1) is 5.56 Å². The van der Waals surface area contributed by atoms with Gasteiger partial charge in [-0.1, -0.05) is 18.2 Å². The van der Waals surface area contributed by atoms with Crippen LogP contribution in [0.5, 0.6) is 0 Å². The number of primary amides is 1. The first-order chi connectivity index (χ1) is 12.2. The number of benzene rings is 1. The van der Waals surface area contributed by atoms with Gasteiger partial charge in [0, 0.05) is 11.0 Å². The lowest BCUT2D eigenvalue weighted by Gasteiger charge is -2.20. The van der Waals surface area contributed by atoms with E-state index in [1.165, 1.54) is 5.38 Å². The lowest BCUT2D eigenvalue weighted by Crippen LogP contribution is -2.24. The first-order valence-electron chi connectivity index (χ1n) is 8.03. The molecule has 3 rings (SSSR count). The van der Waals surface area contributed by atoms with E-state index in [9.17, 15) is 14.4 Å². The van der Waals surface area contributed by atoms with Crippen molar-refractivity contribution in [3.63, 3.8) is 0 Å². The summed E-state index contributed by atoms with van der Waals surface area (Å²) in [4.78, 5) is 40.4. The van der Waals surface area contributed by atoms with Crippen molar-refractivity contribution >= 4 is 34.6 Å². The molecule has 0 saturated heterocycles. The van der Waals surface area contributed by atoms with Gasteiger partial charge in [0.1, 0.15) is 11.3 Å². The molecule has 1 aliphatic carbocycles. The predicted octanol–water partition coefficient (Wildman–Crippen LogP) is 3.02. The first-order valence-corrected chi connectivity index (χ1v) is 8.91. The Kier molecular flexibility index (Phi) is 4.50. The Bertz CT molecular complexity index is 951. The summed E-state index contributed by atoms with van der Waals surface area (Å²) in [6.45, 7) is 5.42. The molecule has 0 saturated carbocycles. The monoisotopic (exact) mass is 370 g/mol. The summed E-state index contributed by atoms with van der Waals surface area (Å²) < 4.78 is 5.45. The highest BCUT2D eigenvalue weighted by molar-refractivity contribution is 7.12. The summed E-state index contributed by atoms with van der Waals surface area (Å²) in [6, 6.07) is 5.21. The van der Waals surface area contributed by atoms with E-state index in [4.69, 9.17) is 10.5 Å². The highest BCUT2D eigenvalue weighted by Gasteiger charge is 2.28. The summed E-state index contributed by atoms with van der Waals surface area (Å²) in [5.74, 6) is -1.38. The highest BCUT2D eigenvalue weighted by Crippen LogP contribution is 2.33. The zero-order chi connectivity index (χ0) is 19.1. The second-order valence-electron chi connectivity index (χ2n) is 6.89. The fourth-order valence-corrected chi connectivity index (χ4v) is 3.48. The standard InChI is InChI=1S/C19H18N2O4S/c1-19(2,3)25-18(24)13-6-4-5-10-11(13)7-8-12(10)15(22)17-21-14(9-26-17)16(20)23/h4-6,8-9H,7H2,1-3H3,(H2,20,23). The van der Waals surface area contributed by atoms with Crippen molar-refractivity contribution in [1.29, 1.82) is 0 Å². The third-order valence-corrected chi connectivity index (χ3v) is 4.63. The predicted molar refractivity (Wildman–Crippen MR) is 98.3 cm³/mol. The number of ketones is 1. The molecule has 0 radical (unpaired) electrons. The summed E-state index contributed by atoms with van der Waals surface area (Å²) in [5.41, 5.74) is 7.03. The maximum absolute atomic E-state index is 12.8. The molecule has 1 aliphatic rings. The molecular weight excluding hydrogens is 352 g/mol. The van der Waals surface area contributed by atoms with Crippen molar-refractivity contribution in [2.45, 2.75) is 32.8 Å². The van der Waals surface area contributed by atoms with Crippen LogP contribution in [0.2, 0.25) is 0 Å². The van der Waals surface area contributed by atoms with Gasteiger partial charge in [0.25, 0.3) is 5.91 Å². The number of amides is 1. The summed E-state index contributed by atoms with van der Waals surface area (Å²) in [6.07, 6.45) is 2.23. The molecule has 0 spiro atoms. The molecule has 1 heterocycles. The summed E-state index contributed by atoms with van der Waals surface area (Å²) in [7, 11) is 0. The molecule has 1 amide bonds. The Morgan fingerprint density at radius 3 is 2.58 bits per heavy atom. The maximum Gasteiger partial charge on any atom is 0.338 e.